The van der Waals surface area contributed by atoms with Crippen LogP contribution < -0.4 is 0 Å². The van der Waals surface area contributed by atoms with Gasteiger partial charge in [0.1, 0.15) is 0 Å². The Labute approximate surface area is 89.9 Å². The largest absolute Gasteiger partial charge is 0.393 e. The fourth-order valence-corrected chi connectivity index (χ4v) is 2.01. The minimum atomic E-state index is -0.216. The fourth-order valence-electron chi connectivity index (χ4n) is 2.01. The first-order valence-corrected chi connectivity index (χ1v) is 5.60. The Balaban J connectivity index is 4.88. The van der Waals surface area contributed by atoms with Gasteiger partial charge in [0.15, 0.2) is 0 Å². The molecule has 1 unspecified atom stereocenters. The molecule has 0 aliphatic heterocycles. The van der Waals surface area contributed by atoms with Crippen LogP contribution in [0.1, 0.15) is 61.8 Å². The second kappa shape index (κ2) is 3.84. The lowest BCUT2D eigenvalue weighted by atomic mass is 9.54. The van der Waals surface area contributed by atoms with Gasteiger partial charge in [0.2, 0.25) is 0 Å². The van der Waals surface area contributed by atoms with Crippen molar-refractivity contribution in [1.29, 1.82) is 0 Å². The minimum Gasteiger partial charge on any atom is -0.393 e. The van der Waals surface area contributed by atoms with E-state index >= 15 is 0 Å². The molecule has 0 bridgehead atoms. The summed E-state index contributed by atoms with van der Waals surface area (Å²) in [5.74, 6) is 0. The Hall–Kier alpha value is -0.0400. The summed E-state index contributed by atoms with van der Waals surface area (Å²) in [6.45, 7) is 17.8. The summed E-state index contributed by atoms with van der Waals surface area (Å²) < 4.78 is 0. The van der Waals surface area contributed by atoms with Crippen LogP contribution in [0.5, 0.6) is 0 Å². The molecule has 0 aliphatic carbocycles. The molecule has 0 saturated heterocycles. The van der Waals surface area contributed by atoms with Gasteiger partial charge in [-0.25, -0.2) is 0 Å². The summed E-state index contributed by atoms with van der Waals surface area (Å²) in [4.78, 5) is 0. The van der Waals surface area contributed by atoms with Crippen LogP contribution in [0.15, 0.2) is 0 Å². The highest BCUT2D eigenvalue weighted by atomic mass is 16.3. The highest BCUT2D eigenvalue weighted by molar-refractivity contribution is 4.94. The minimum absolute atomic E-state index is 0.152. The number of aliphatic hydroxyl groups is 1. The normalized spacial score (nSPS) is 16.9. The van der Waals surface area contributed by atoms with Gasteiger partial charge in [-0.3, -0.25) is 0 Å². The van der Waals surface area contributed by atoms with Gasteiger partial charge in [-0.15, -0.1) is 0 Å². The molecule has 0 fully saturated rings. The Kier molecular flexibility index (Phi) is 3.83. The predicted molar refractivity (Wildman–Crippen MR) is 63.3 cm³/mol. The third-order valence-corrected chi connectivity index (χ3v) is 4.37. The van der Waals surface area contributed by atoms with Crippen molar-refractivity contribution >= 4 is 0 Å². The standard InChI is InChI=1S/C13H28O/c1-10(14)9-12(5,6)13(7,8)11(2,3)4/h10,14H,9H2,1-8H3. The summed E-state index contributed by atoms with van der Waals surface area (Å²) in [7, 11) is 0. The predicted octanol–water partition coefficient (Wildman–Crippen LogP) is 3.86. The number of hydrogen-bond donors (Lipinski definition) is 1. The van der Waals surface area contributed by atoms with Crippen LogP contribution in [-0.2, 0) is 0 Å². The van der Waals surface area contributed by atoms with Gasteiger partial charge in [0, 0.05) is 0 Å². The van der Waals surface area contributed by atoms with Crippen LogP contribution >= 0.6 is 0 Å². The topological polar surface area (TPSA) is 20.2 Å². The van der Waals surface area contributed by atoms with Crippen molar-refractivity contribution in [3.8, 4) is 0 Å². The molecular formula is C13H28O. The van der Waals surface area contributed by atoms with Crippen LogP contribution in [0.3, 0.4) is 0 Å². The molecule has 1 nitrogen and oxygen atoms in total. The van der Waals surface area contributed by atoms with Crippen LogP contribution in [0.2, 0.25) is 0 Å². The second-order valence-electron chi connectivity index (χ2n) is 6.81. The third kappa shape index (κ3) is 2.73. The van der Waals surface area contributed by atoms with Crippen molar-refractivity contribution in [3.63, 3.8) is 0 Å². The zero-order valence-corrected chi connectivity index (χ0v) is 11.2. The van der Waals surface area contributed by atoms with Crippen LogP contribution in [0, 0.1) is 16.2 Å². The molecule has 86 valence electrons. The molecule has 14 heavy (non-hydrogen) atoms. The van der Waals surface area contributed by atoms with E-state index in [9.17, 15) is 5.11 Å². The van der Waals surface area contributed by atoms with Gasteiger partial charge in [-0.2, -0.15) is 0 Å². The van der Waals surface area contributed by atoms with Crippen molar-refractivity contribution in [2.75, 3.05) is 0 Å². The molecule has 0 spiro atoms. The molecule has 0 rings (SSSR count). The van der Waals surface area contributed by atoms with Gasteiger partial charge in [-0.05, 0) is 29.6 Å². The Bertz CT molecular complexity index is 182. The summed E-state index contributed by atoms with van der Waals surface area (Å²) in [5, 5.41) is 9.52. The lowest BCUT2D eigenvalue weighted by molar-refractivity contribution is -0.0360. The van der Waals surface area contributed by atoms with Crippen LogP contribution in [0.4, 0.5) is 0 Å². The van der Waals surface area contributed by atoms with E-state index in [-0.39, 0.29) is 22.3 Å². The first-order valence-electron chi connectivity index (χ1n) is 5.60. The van der Waals surface area contributed by atoms with Gasteiger partial charge in [0.25, 0.3) is 0 Å². The molecular weight excluding hydrogens is 172 g/mol. The fraction of sp³-hybridized carbons (Fsp3) is 1.00. The zero-order valence-electron chi connectivity index (χ0n) is 11.2. The first-order chi connectivity index (χ1) is 5.92. The smallest absolute Gasteiger partial charge is 0.0517 e. The number of rotatable bonds is 3. The first kappa shape index (κ1) is 14.0. The third-order valence-electron chi connectivity index (χ3n) is 4.37. The van der Waals surface area contributed by atoms with Crippen molar-refractivity contribution < 1.29 is 5.11 Å². The van der Waals surface area contributed by atoms with E-state index < -0.39 is 0 Å². The Morgan fingerprint density at radius 3 is 1.50 bits per heavy atom. The van der Waals surface area contributed by atoms with Crippen molar-refractivity contribution in [2.24, 2.45) is 16.2 Å². The molecule has 0 aromatic heterocycles. The van der Waals surface area contributed by atoms with Gasteiger partial charge in [0.05, 0.1) is 6.10 Å². The maximum absolute atomic E-state index is 9.52. The summed E-state index contributed by atoms with van der Waals surface area (Å²) in [6.07, 6.45) is 0.642. The lowest BCUT2D eigenvalue weighted by Gasteiger charge is -2.51. The molecule has 0 amide bonds. The summed E-state index contributed by atoms with van der Waals surface area (Å²) >= 11 is 0. The highest BCUT2D eigenvalue weighted by Gasteiger charge is 2.45. The van der Waals surface area contributed by atoms with Crippen LogP contribution in [-0.4, -0.2) is 11.2 Å². The number of hydrogen-bond acceptors (Lipinski definition) is 1. The van der Waals surface area contributed by atoms with E-state index in [2.05, 4.69) is 48.5 Å². The Morgan fingerprint density at radius 2 is 1.29 bits per heavy atom. The SMILES string of the molecule is CC(O)CC(C)(C)C(C)(C)C(C)(C)C. The van der Waals surface area contributed by atoms with Crippen molar-refractivity contribution in [2.45, 2.75) is 67.9 Å². The lowest BCUT2D eigenvalue weighted by Crippen LogP contribution is -2.44. The summed E-state index contributed by atoms with van der Waals surface area (Å²) in [5.41, 5.74) is 0.613. The van der Waals surface area contributed by atoms with E-state index in [1.54, 1.807) is 0 Å². The highest BCUT2D eigenvalue weighted by Crippen LogP contribution is 2.53. The molecule has 0 aliphatic rings. The van der Waals surface area contributed by atoms with E-state index in [1.165, 1.54) is 0 Å². The molecule has 0 aromatic rings. The average molecular weight is 200 g/mol. The van der Waals surface area contributed by atoms with E-state index in [4.69, 9.17) is 0 Å². The average Bonchev–Trinajstić information content (AvgIpc) is 1.80. The Morgan fingerprint density at radius 1 is 0.929 bits per heavy atom. The maximum atomic E-state index is 9.52. The molecule has 0 aromatic carbocycles. The molecule has 0 radical (unpaired) electrons. The molecule has 1 atom stereocenters. The molecule has 1 N–H and O–H groups in total. The van der Waals surface area contributed by atoms with Gasteiger partial charge in [-0.1, -0.05) is 48.5 Å². The van der Waals surface area contributed by atoms with E-state index in [0.29, 0.717) is 0 Å². The maximum Gasteiger partial charge on any atom is 0.0517 e. The van der Waals surface area contributed by atoms with Gasteiger partial charge >= 0.3 is 0 Å². The van der Waals surface area contributed by atoms with E-state index in [0.717, 1.165) is 6.42 Å². The molecule has 0 saturated carbocycles. The van der Waals surface area contributed by atoms with Crippen molar-refractivity contribution in [1.82, 2.24) is 0 Å². The van der Waals surface area contributed by atoms with E-state index in [1.807, 2.05) is 6.92 Å². The molecule has 1 heteroatoms. The zero-order chi connectivity index (χ0) is 11.8. The monoisotopic (exact) mass is 200 g/mol. The van der Waals surface area contributed by atoms with Crippen LogP contribution in [0.25, 0.3) is 0 Å². The molecule has 0 heterocycles. The van der Waals surface area contributed by atoms with Gasteiger partial charge < -0.3 is 5.11 Å². The quantitative estimate of drug-likeness (QED) is 0.733. The van der Waals surface area contributed by atoms with Crippen molar-refractivity contribution in [3.05, 3.63) is 0 Å². The number of aliphatic hydroxyl groups excluding tert-OH is 1. The second-order valence-corrected chi connectivity index (χ2v) is 6.81. The summed E-state index contributed by atoms with van der Waals surface area (Å²) in [6, 6.07) is 0.